The Morgan fingerprint density at radius 2 is 1.09 bits per heavy atom. The fraction of sp³-hybridized carbons (Fsp3) is 0.727. The molecular formula is C22H39O. The number of ketones is 1. The number of carbonyl (C=O) groups excluding carboxylic acids is 1. The van der Waals surface area contributed by atoms with Crippen molar-refractivity contribution in [2.24, 2.45) is 0 Å². The Bertz CT molecular complexity index is 301. The summed E-state index contributed by atoms with van der Waals surface area (Å²) in [5.41, 5.74) is 0. The van der Waals surface area contributed by atoms with Gasteiger partial charge in [0.25, 0.3) is 0 Å². The minimum absolute atomic E-state index is 0.330. The molecule has 0 saturated heterocycles. The van der Waals surface area contributed by atoms with Gasteiger partial charge in [-0.15, -0.1) is 0 Å². The standard InChI is InChI=1S/C22H39O/c1-3-5-7-9-11-13-15-17-19-21-22(23)20-18-16-14-12-10-8-6-4-2/h11-14,21H,3-10,15-20H2,1-2H3/b13-11-,14-12-. The van der Waals surface area contributed by atoms with Gasteiger partial charge < -0.3 is 0 Å². The van der Waals surface area contributed by atoms with Gasteiger partial charge in [-0.1, -0.05) is 63.8 Å². The van der Waals surface area contributed by atoms with Crippen molar-refractivity contribution in [2.45, 2.75) is 104 Å². The van der Waals surface area contributed by atoms with Crippen molar-refractivity contribution in [1.82, 2.24) is 0 Å². The maximum absolute atomic E-state index is 11.7. The minimum Gasteiger partial charge on any atom is -0.299 e. The van der Waals surface area contributed by atoms with Gasteiger partial charge in [-0.25, -0.2) is 0 Å². The molecule has 0 bridgehead atoms. The number of hydrogen-bond acceptors (Lipinski definition) is 1. The smallest absolute Gasteiger partial charge is 0.136 e. The maximum Gasteiger partial charge on any atom is 0.136 e. The summed E-state index contributed by atoms with van der Waals surface area (Å²) in [5.74, 6) is 0.330. The van der Waals surface area contributed by atoms with Crippen LogP contribution in [0.4, 0.5) is 0 Å². The van der Waals surface area contributed by atoms with Gasteiger partial charge in [-0.3, -0.25) is 4.79 Å². The Morgan fingerprint density at radius 1 is 0.609 bits per heavy atom. The van der Waals surface area contributed by atoms with Crippen LogP contribution < -0.4 is 0 Å². The third-order valence-corrected chi connectivity index (χ3v) is 4.02. The van der Waals surface area contributed by atoms with Crippen LogP contribution in [0.1, 0.15) is 104 Å². The number of rotatable bonds is 17. The predicted octanol–water partition coefficient (Wildman–Crippen LogP) is 7.37. The first kappa shape index (κ1) is 22.1. The molecular weight excluding hydrogens is 280 g/mol. The van der Waals surface area contributed by atoms with Crippen molar-refractivity contribution < 1.29 is 4.79 Å². The molecule has 0 aromatic heterocycles. The average molecular weight is 320 g/mol. The van der Waals surface area contributed by atoms with E-state index in [4.69, 9.17) is 0 Å². The van der Waals surface area contributed by atoms with Crippen molar-refractivity contribution in [3.05, 3.63) is 30.7 Å². The average Bonchev–Trinajstić information content (AvgIpc) is 2.56. The molecule has 0 aliphatic carbocycles. The zero-order valence-corrected chi connectivity index (χ0v) is 15.7. The molecule has 0 unspecified atom stereocenters. The summed E-state index contributed by atoms with van der Waals surface area (Å²) in [5, 5.41) is 0. The fourth-order valence-electron chi connectivity index (χ4n) is 2.49. The van der Waals surface area contributed by atoms with Gasteiger partial charge >= 0.3 is 0 Å². The van der Waals surface area contributed by atoms with E-state index < -0.39 is 0 Å². The lowest BCUT2D eigenvalue weighted by Crippen LogP contribution is -1.98. The Balaban J connectivity index is 3.30. The summed E-state index contributed by atoms with van der Waals surface area (Å²) in [4.78, 5) is 11.7. The van der Waals surface area contributed by atoms with Crippen LogP contribution >= 0.6 is 0 Å². The van der Waals surface area contributed by atoms with Crippen molar-refractivity contribution >= 4 is 5.78 Å². The van der Waals surface area contributed by atoms with Gasteiger partial charge in [0.15, 0.2) is 0 Å². The lowest BCUT2D eigenvalue weighted by Gasteiger charge is -1.99. The summed E-state index contributed by atoms with van der Waals surface area (Å²) in [7, 11) is 0. The topological polar surface area (TPSA) is 17.1 Å². The van der Waals surface area contributed by atoms with Crippen molar-refractivity contribution in [3.8, 4) is 0 Å². The van der Waals surface area contributed by atoms with Gasteiger partial charge in [-0.05, 0) is 57.8 Å². The van der Waals surface area contributed by atoms with Crippen LogP contribution in [0, 0.1) is 6.42 Å². The number of hydrogen-bond donors (Lipinski definition) is 0. The van der Waals surface area contributed by atoms with E-state index in [9.17, 15) is 4.79 Å². The van der Waals surface area contributed by atoms with Crippen LogP contribution in [0.3, 0.4) is 0 Å². The molecule has 0 fully saturated rings. The highest BCUT2D eigenvalue weighted by atomic mass is 16.1. The third kappa shape index (κ3) is 19.1. The highest BCUT2D eigenvalue weighted by Gasteiger charge is 2.00. The molecule has 0 atom stereocenters. The zero-order valence-electron chi connectivity index (χ0n) is 15.7. The number of carbonyl (C=O) groups is 1. The monoisotopic (exact) mass is 319 g/mol. The van der Waals surface area contributed by atoms with E-state index in [-0.39, 0.29) is 0 Å². The highest BCUT2D eigenvalue weighted by Crippen LogP contribution is 2.07. The summed E-state index contributed by atoms with van der Waals surface area (Å²) in [6.45, 7) is 4.47. The van der Waals surface area contributed by atoms with Gasteiger partial charge in [0.05, 0.1) is 0 Å². The van der Waals surface area contributed by atoms with Crippen LogP contribution in [0.25, 0.3) is 0 Å². The Morgan fingerprint density at radius 3 is 1.61 bits per heavy atom. The van der Waals surface area contributed by atoms with E-state index in [0.717, 1.165) is 32.1 Å². The minimum atomic E-state index is 0.330. The second kappa shape index (κ2) is 19.2. The lowest BCUT2D eigenvalue weighted by atomic mass is 10.1. The van der Waals surface area contributed by atoms with Crippen LogP contribution in [0.2, 0.25) is 0 Å². The molecule has 1 heteroatoms. The molecule has 0 N–H and O–H groups in total. The Hall–Kier alpha value is -0.850. The maximum atomic E-state index is 11.7. The van der Waals surface area contributed by atoms with Crippen LogP contribution in [0.15, 0.2) is 24.3 Å². The summed E-state index contributed by atoms with van der Waals surface area (Å²) in [6.07, 6.45) is 27.1. The summed E-state index contributed by atoms with van der Waals surface area (Å²) < 4.78 is 0. The Labute approximate surface area is 145 Å². The van der Waals surface area contributed by atoms with E-state index >= 15 is 0 Å². The second-order valence-corrected chi connectivity index (χ2v) is 6.43. The first-order valence-corrected chi connectivity index (χ1v) is 9.97. The number of Topliss-reactive ketones (excluding diaryl/α,β-unsaturated/α-hetero) is 1. The van der Waals surface area contributed by atoms with E-state index in [1.165, 1.54) is 51.4 Å². The molecule has 1 radical (unpaired) electrons. The van der Waals surface area contributed by atoms with E-state index in [0.29, 0.717) is 12.2 Å². The molecule has 0 aliphatic rings. The van der Waals surface area contributed by atoms with Gasteiger partial charge in [0.2, 0.25) is 0 Å². The van der Waals surface area contributed by atoms with Gasteiger partial charge in [0, 0.05) is 12.8 Å². The molecule has 23 heavy (non-hydrogen) atoms. The van der Waals surface area contributed by atoms with Gasteiger partial charge in [0.1, 0.15) is 5.78 Å². The molecule has 0 heterocycles. The third-order valence-electron chi connectivity index (χ3n) is 4.02. The quantitative estimate of drug-likeness (QED) is 0.202. The molecule has 0 amide bonds. The largest absolute Gasteiger partial charge is 0.299 e. The Kier molecular flexibility index (Phi) is 18.5. The molecule has 0 aromatic carbocycles. The normalized spacial score (nSPS) is 11.7. The predicted molar refractivity (Wildman–Crippen MR) is 104 cm³/mol. The number of allylic oxidation sites excluding steroid dienone is 4. The molecule has 133 valence electrons. The fourth-order valence-corrected chi connectivity index (χ4v) is 2.49. The number of unbranched alkanes of at least 4 members (excludes halogenated alkanes) is 9. The van der Waals surface area contributed by atoms with E-state index in [2.05, 4.69) is 38.2 Å². The van der Waals surface area contributed by atoms with Crippen molar-refractivity contribution in [3.63, 3.8) is 0 Å². The molecule has 1 nitrogen and oxygen atoms in total. The SMILES string of the molecule is CCCCC/C=C\CCC[CH]C(=O)CCC/C=C\CCCCC. The summed E-state index contributed by atoms with van der Waals surface area (Å²) >= 11 is 0. The zero-order chi connectivity index (χ0) is 17.0. The van der Waals surface area contributed by atoms with Crippen molar-refractivity contribution in [1.29, 1.82) is 0 Å². The second-order valence-electron chi connectivity index (χ2n) is 6.43. The van der Waals surface area contributed by atoms with Crippen LogP contribution in [0.5, 0.6) is 0 Å². The molecule has 0 aliphatic heterocycles. The molecule has 0 rings (SSSR count). The van der Waals surface area contributed by atoms with E-state index in [1.807, 2.05) is 6.42 Å². The van der Waals surface area contributed by atoms with Crippen LogP contribution in [-0.2, 0) is 4.79 Å². The van der Waals surface area contributed by atoms with Crippen LogP contribution in [-0.4, -0.2) is 5.78 Å². The first-order valence-electron chi connectivity index (χ1n) is 9.97. The lowest BCUT2D eigenvalue weighted by molar-refractivity contribution is -0.116. The highest BCUT2D eigenvalue weighted by molar-refractivity contribution is 5.86. The van der Waals surface area contributed by atoms with Crippen molar-refractivity contribution in [2.75, 3.05) is 0 Å². The van der Waals surface area contributed by atoms with Gasteiger partial charge in [-0.2, -0.15) is 0 Å². The summed E-state index contributed by atoms with van der Waals surface area (Å²) in [6, 6.07) is 0. The first-order chi connectivity index (χ1) is 11.3. The molecule has 0 saturated carbocycles. The van der Waals surface area contributed by atoms with E-state index in [1.54, 1.807) is 0 Å². The molecule has 0 spiro atoms. The molecule has 0 aromatic rings.